The molecule has 2 amide bonds. The van der Waals surface area contributed by atoms with Crippen molar-refractivity contribution in [1.82, 2.24) is 10.6 Å². The number of rotatable bonds is 6. The summed E-state index contributed by atoms with van der Waals surface area (Å²) in [4.78, 5) is 22.5. The Kier molecular flexibility index (Phi) is 5.93. The molecule has 88 valence electrons. The maximum Gasteiger partial charge on any atom is 0.236 e. The first-order valence-electron chi connectivity index (χ1n) is 5.23. The third kappa shape index (κ3) is 4.78. The van der Waals surface area contributed by atoms with E-state index in [1.165, 1.54) is 0 Å². The predicted octanol–water partition coefficient (Wildman–Crippen LogP) is -0.389. The molecule has 2 unspecified atom stereocenters. The first-order chi connectivity index (χ1) is 6.90. The fourth-order valence-corrected chi connectivity index (χ4v) is 1.28. The third-order valence-electron chi connectivity index (χ3n) is 2.15. The maximum absolute atomic E-state index is 11.4. The molecule has 0 rings (SSSR count). The van der Waals surface area contributed by atoms with Gasteiger partial charge in [0.2, 0.25) is 11.8 Å². The Labute approximate surface area is 90.8 Å². The van der Waals surface area contributed by atoms with E-state index in [1.807, 2.05) is 20.8 Å². The Morgan fingerprint density at radius 3 is 2.13 bits per heavy atom. The smallest absolute Gasteiger partial charge is 0.236 e. The van der Waals surface area contributed by atoms with Crippen molar-refractivity contribution in [3.63, 3.8) is 0 Å². The molecular formula is C10H21N3O2. The number of nitrogens with two attached hydrogens (primary N) is 1. The van der Waals surface area contributed by atoms with Gasteiger partial charge in [-0.3, -0.25) is 14.9 Å². The van der Waals surface area contributed by atoms with Gasteiger partial charge in [-0.15, -0.1) is 0 Å². The number of carbonyl (C=O) groups excluding carboxylic acids is 2. The molecule has 0 saturated heterocycles. The summed E-state index contributed by atoms with van der Waals surface area (Å²) in [6, 6.07) is -0.882. The van der Waals surface area contributed by atoms with Crippen LogP contribution >= 0.6 is 0 Å². The zero-order chi connectivity index (χ0) is 12.0. The standard InChI is InChI=1S/C10H21N3O2/c1-5-12-10(15)7(4)13-8(6(2)3)9(11)14/h6-8,13H,5H2,1-4H3,(H2,11,14)(H,12,15). The average molecular weight is 215 g/mol. The quantitative estimate of drug-likeness (QED) is 0.564. The second-order valence-corrected chi connectivity index (χ2v) is 3.91. The Morgan fingerprint density at radius 1 is 1.27 bits per heavy atom. The Hall–Kier alpha value is -1.10. The fourth-order valence-electron chi connectivity index (χ4n) is 1.28. The van der Waals surface area contributed by atoms with Crippen LogP contribution in [0.25, 0.3) is 0 Å². The molecule has 0 heterocycles. The number of primary amides is 1. The molecule has 0 aliphatic carbocycles. The van der Waals surface area contributed by atoms with E-state index in [1.54, 1.807) is 6.92 Å². The zero-order valence-electron chi connectivity index (χ0n) is 9.83. The van der Waals surface area contributed by atoms with Crippen molar-refractivity contribution in [1.29, 1.82) is 0 Å². The number of nitrogens with one attached hydrogen (secondary N) is 2. The SMILES string of the molecule is CCNC(=O)C(C)NC(C(N)=O)C(C)C. The first kappa shape index (κ1) is 13.9. The van der Waals surface area contributed by atoms with Crippen LogP contribution in [0.4, 0.5) is 0 Å². The average Bonchev–Trinajstić information content (AvgIpc) is 2.12. The molecule has 0 aliphatic heterocycles. The van der Waals surface area contributed by atoms with Gasteiger partial charge in [0.25, 0.3) is 0 Å². The van der Waals surface area contributed by atoms with Crippen LogP contribution in [0.3, 0.4) is 0 Å². The lowest BCUT2D eigenvalue weighted by Crippen LogP contribution is -2.53. The highest BCUT2D eigenvalue weighted by Crippen LogP contribution is 2.02. The van der Waals surface area contributed by atoms with Crippen molar-refractivity contribution < 1.29 is 9.59 Å². The van der Waals surface area contributed by atoms with Crippen molar-refractivity contribution in [2.24, 2.45) is 11.7 Å². The van der Waals surface area contributed by atoms with E-state index >= 15 is 0 Å². The van der Waals surface area contributed by atoms with E-state index in [4.69, 9.17) is 5.73 Å². The van der Waals surface area contributed by atoms with E-state index in [0.717, 1.165) is 0 Å². The van der Waals surface area contributed by atoms with Crippen molar-refractivity contribution in [2.45, 2.75) is 39.8 Å². The Bertz CT molecular complexity index is 229. The molecule has 0 radical (unpaired) electrons. The Morgan fingerprint density at radius 2 is 1.80 bits per heavy atom. The molecule has 0 aromatic rings. The summed E-state index contributed by atoms with van der Waals surface area (Å²) in [7, 11) is 0. The van der Waals surface area contributed by atoms with Gasteiger partial charge in [-0.2, -0.15) is 0 Å². The lowest BCUT2D eigenvalue weighted by atomic mass is 10.0. The van der Waals surface area contributed by atoms with Gasteiger partial charge in [0, 0.05) is 6.54 Å². The fraction of sp³-hybridized carbons (Fsp3) is 0.800. The van der Waals surface area contributed by atoms with Crippen molar-refractivity contribution in [2.75, 3.05) is 6.54 Å². The molecule has 5 nitrogen and oxygen atoms in total. The number of hydrogen-bond acceptors (Lipinski definition) is 3. The largest absolute Gasteiger partial charge is 0.368 e. The normalized spacial score (nSPS) is 14.7. The summed E-state index contributed by atoms with van der Waals surface area (Å²) in [5, 5.41) is 5.59. The number of carbonyl (C=O) groups is 2. The van der Waals surface area contributed by atoms with Crippen LogP contribution in [0.15, 0.2) is 0 Å². The molecule has 0 aromatic carbocycles. The topological polar surface area (TPSA) is 84.2 Å². The van der Waals surface area contributed by atoms with E-state index in [9.17, 15) is 9.59 Å². The van der Waals surface area contributed by atoms with E-state index < -0.39 is 18.0 Å². The number of amides is 2. The molecule has 0 bridgehead atoms. The van der Waals surface area contributed by atoms with Crippen molar-refractivity contribution in [3.8, 4) is 0 Å². The van der Waals surface area contributed by atoms with Gasteiger partial charge < -0.3 is 11.1 Å². The van der Waals surface area contributed by atoms with Crippen molar-refractivity contribution >= 4 is 11.8 Å². The minimum absolute atomic E-state index is 0.0689. The van der Waals surface area contributed by atoms with E-state index in [0.29, 0.717) is 6.54 Å². The molecule has 4 N–H and O–H groups in total. The first-order valence-corrected chi connectivity index (χ1v) is 5.23. The van der Waals surface area contributed by atoms with Gasteiger partial charge in [0.1, 0.15) is 0 Å². The molecule has 0 aliphatic rings. The summed E-state index contributed by atoms with van der Waals surface area (Å²) < 4.78 is 0. The highest BCUT2D eigenvalue weighted by atomic mass is 16.2. The maximum atomic E-state index is 11.4. The summed E-state index contributed by atoms with van der Waals surface area (Å²) in [5.74, 6) is -0.482. The van der Waals surface area contributed by atoms with Crippen molar-refractivity contribution in [3.05, 3.63) is 0 Å². The molecule has 0 spiro atoms. The van der Waals surface area contributed by atoms with Gasteiger partial charge >= 0.3 is 0 Å². The molecule has 0 aromatic heterocycles. The van der Waals surface area contributed by atoms with Gasteiger partial charge in [0.15, 0.2) is 0 Å². The Balaban J connectivity index is 4.28. The van der Waals surface area contributed by atoms with E-state index in [-0.39, 0.29) is 11.8 Å². The highest BCUT2D eigenvalue weighted by molar-refractivity contribution is 5.84. The summed E-state index contributed by atoms with van der Waals surface area (Å²) >= 11 is 0. The lowest BCUT2D eigenvalue weighted by molar-refractivity contribution is -0.124. The van der Waals surface area contributed by atoms with E-state index in [2.05, 4.69) is 10.6 Å². The lowest BCUT2D eigenvalue weighted by Gasteiger charge is -2.23. The van der Waals surface area contributed by atoms with Crippen LogP contribution in [0, 0.1) is 5.92 Å². The summed E-state index contributed by atoms with van der Waals surface area (Å²) in [6.45, 7) is 7.90. The van der Waals surface area contributed by atoms with Gasteiger partial charge in [-0.25, -0.2) is 0 Å². The second kappa shape index (κ2) is 6.40. The van der Waals surface area contributed by atoms with Crippen LogP contribution in [0.2, 0.25) is 0 Å². The van der Waals surface area contributed by atoms with Crippen LogP contribution < -0.4 is 16.4 Å². The minimum atomic E-state index is -0.470. The molecular weight excluding hydrogens is 194 g/mol. The predicted molar refractivity (Wildman–Crippen MR) is 59.1 cm³/mol. The molecule has 2 atom stereocenters. The highest BCUT2D eigenvalue weighted by Gasteiger charge is 2.23. The second-order valence-electron chi connectivity index (χ2n) is 3.91. The van der Waals surface area contributed by atoms with Crippen LogP contribution in [-0.4, -0.2) is 30.4 Å². The third-order valence-corrected chi connectivity index (χ3v) is 2.15. The van der Waals surface area contributed by atoms with Crippen LogP contribution in [0.5, 0.6) is 0 Å². The zero-order valence-corrected chi connectivity index (χ0v) is 9.83. The molecule has 15 heavy (non-hydrogen) atoms. The molecule has 0 fully saturated rings. The van der Waals surface area contributed by atoms with Gasteiger partial charge in [-0.05, 0) is 19.8 Å². The van der Waals surface area contributed by atoms with Crippen LogP contribution in [0.1, 0.15) is 27.7 Å². The van der Waals surface area contributed by atoms with Gasteiger partial charge in [0.05, 0.1) is 12.1 Å². The van der Waals surface area contributed by atoms with Gasteiger partial charge in [-0.1, -0.05) is 13.8 Å². The number of hydrogen-bond donors (Lipinski definition) is 3. The van der Waals surface area contributed by atoms with Crippen LogP contribution in [-0.2, 0) is 9.59 Å². The summed E-state index contributed by atoms with van der Waals surface area (Å²) in [6.07, 6.45) is 0. The minimum Gasteiger partial charge on any atom is -0.368 e. The molecule has 5 heteroatoms. The molecule has 0 saturated carbocycles. The number of likely N-dealkylation sites (N-methyl/N-ethyl adjacent to an activating group) is 1. The monoisotopic (exact) mass is 215 g/mol. The summed E-state index contributed by atoms with van der Waals surface area (Å²) in [5.41, 5.74) is 5.23.